The third-order valence-electron chi connectivity index (χ3n) is 3.64. The molecule has 1 aromatic rings. The van der Waals surface area contributed by atoms with Crippen LogP contribution < -0.4 is 10.2 Å². The van der Waals surface area contributed by atoms with Crippen LogP contribution in [0.3, 0.4) is 0 Å². The van der Waals surface area contributed by atoms with E-state index in [4.69, 9.17) is 4.74 Å². The zero-order chi connectivity index (χ0) is 16.3. The molecule has 0 bridgehead atoms. The van der Waals surface area contributed by atoms with Crippen molar-refractivity contribution in [2.45, 2.75) is 52.2 Å². The van der Waals surface area contributed by atoms with Crippen molar-refractivity contribution in [3.63, 3.8) is 0 Å². The van der Waals surface area contributed by atoms with Crippen molar-refractivity contribution in [3.8, 4) is 0 Å². The monoisotopic (exact) mass is 306 g/mol. The van der Waals surface area contributed by atoms with Gasteiger partial charge in [-0.2, -0.15) is 0 Å². The van der Waals surface area contributed by atoms with Crippen molar-refractivity contribution < 1.29 is 9.53 Å². The first-order chi connectivity index (χ1) is 10.3. The first-order valence-electron chi connectivity index (χ1n) is 7.75. The second-order valence-corrected chi connectivity index (χ2v) is 6.86. The fourth-order valence-electron chi connectivity index (χ4n) is 2.41. The van der Waals surface area contributed by atoms with Crippen molar-refractivity contribution in [2.75, 3.05) is 18.5 Å². The smallest absolute Gasteiger partial charge is 0.407 e. The third-order valence-corrected chi connectivity index (χ3v) is 3.64. The van der Waals surface area contributed by atoms with Gasteiger partial charge in [-0.3, -0.25) is 0 Å². The Morgan fingerprint density at radius 3 is 2.73 bits per heavy atom. The third kappa shape index (κ3) is 4.86. The summed E-state index contributed by atoms with van der Waals surface area (Å²) in [6, 6.07) is 2.12. The summed E-state index contributed by atoms with van der Waals surface area (Å²) in [4.78, 5) is 22.6. The molecular formula is C16H26N4O2. The van der Waals surface area contributed by atoms with Crippen LogP contribution in [0.1, 0.15) is 39.4 Å². The Morgan fingerprint density at radius 1 is 1.50 bits per heavy atom. The maximum Gasteiger partial charge on any atom is 0.407 e. The van der Waals surface area contributed by atoms with Gasteiger partial charge in [-0.25, -0.2) is 14.8 Å². The number of nitrogens with one attached hydrogen (secondary N) is 1. The van der Waals surface area contributed by atoms with E-state index in [0.29, 0.717) is 12.5 Å². The number of anilines is 1. The van der Waals surface area contributed by atoms with Crippen LogP contribution in [0, 0.1) is 12.8 Å². The second kappa shape index (κ2) is 6.50. The van der Waals surface area contributed by atoms with E-state index in [0.717, 1.165) is 11.6 Å². The molecule has 1 aromatic heterocycles. The number of aromatic nitrogens is 2. The zero-order valence-electron chi connectivity index (χ0n) is 14.1. The number of aryl methyl sites for hydroxylation is 1. The van der Waals surface area contributed by atoms with E-state index in [1.54, 1.807) is 6.20 Å². The molecule has 0 aromatic carbocycles. The fourth-order valence-corrected chi connectivity index (χ4v) is 2.41. The molecule has 0 unspecified atom stereocenters. The van der Waals surface area contributed by atoms with Gasteiger partial charge >= 0.3 is 6.09 Å². The summed E-state index contributed by atoms with van der Waals surface area (Å²) in [5.41, 5.74) is -0.477. The van der Waals surface area contributed by atoms with Gasteiger partial charge in [-0.05, 0) is 52.5 Å². The lowest BCUT2D eigenvalue weighted by Crippen LogP contribution is -2.45. The van der Waals surface area contributed by atoms with E-state index < -0.39 is 5.60 Å². The van der Waals surface area contributed by atoms with Crippen LogP contribution in [-0.2, 0) is 4.74 Å². The fraction of sp³-hybridized carbons (Fsp3) is 0.688. The Labute approximate surface area is 132 Å². The standard InChI is InChI=1S/C16H26N4O2/c1-11-17-9-8-14(19-11)20(5)13(12-6-7-12)10-18-15(21)22-16(2,3)4/h8-9,12-13H,6-7,10H2,1-5H3,(H,18,21)/t13-/m1/s1. The number of alkyl carbamates (subject to hydrolysis) is 1. The van der Waals surface area contributed by atoms with Crippen LogP contribution >= 0.6 is 0 Å². The van der Waals surface area contributed by atoms with Gasteiger partial charge in [-0.15, -0.1) is 0 Å². The van der Waals surface area contributed by atoms with Crippen LogP contribution in [-0.4, -0.2) is 41.3 Å². The summed E-state index contributed by atoms with van der Waals surface area (Å²) in [6.45, 7) is 8.02. The van der Waals surface area contributed by atoms with Gasteiger partial charge in [0, 0.05) is 19.8 Å². The highest BCUT2D eigenvalue weighted by atomic mass is 16.6. The molecule has 1 heterocycles. The van der Waals surface area contributed by atoms with Crippen LogP contribution in [0.2, 0.25) is 0 Å². The number of likely N-dealkylation sites (N-methyl/N-ethyl adjacent to an activating group) is 1. The zero-order valence-corrected chi connectivity index (χ0v) is 14.1. The lowest BCUT2D eigenvalue weighted by molar-refractivity contribution is 0.0523. The molecule has 1 aliphatic rings. The van der Waals surface area contributed by atoms with Crippen molar-refractivity contribution in [1.82, 2.24) is 15.3 Å². The molecule has 0 spiro atoms. The Morgan fingerprint density at radius 2 is 2.18 bits per heavy atom. The summed E-state index contributed by atoms with van der Waals surface area (Å²) in [5, 5.41) is 2.88. The molecule has 1 amide bonds. The van der Waals surface area contributed by atoms with Crippen LogP contribution in [0.4, 0.5) is 10.6 Å². The maximum absolute atomic E-state index is 11.8. The summed E-state index contributed by atoms with van der Waals surface area (Å²) >= 11 is 0. The number of amides is 1. The normalized spacial score (nSPS) is 16.0. The van der Waals surface area contributed by atoms with Crippen molar-refractivity contribution in [3.05, 3.63) is 18.1 Å². The highest BCUT2D eigenvalue weighted by molar-refractivity contribution is 5.67. The first-order valence-corrected chi connectivity index (χ1v) is 7.75. The summed E-state index contributed by atoms with van der Waals surface area (Å²) in [7, 11) is 2.02. The highest BCUT2D eigenvalue weighted by Gasteiger charge is 2.35. The predicted octanol–water partition coefficient (Wildman–Crippen LogP) is 2.52. The number of ether oxygens (including phenoxy) is 1. The minimum atomic E-state index is -0.477. The van der Waals surface area contributed by atoms with Crippen LogP contribution in [0.15, 0.2) is 12.3 Å². The number of hydrogen-bond acceptors (Lipinski definition) is 5. The molecule has 2 rings (SSSR count). The molecule has 0 saturated heterocycles. The Hall–Kier alpha value is -1.85. The minimum absolute atomic E-state index is 0.224. The summed E-state index contributed by atoms with van der Waals surface area (Å²) in [6.07, 6.45) is 3.77. The highest BCUT2D eigenvalue weighted by Crippen LogP contribution is 2.35. The van der Waals surface area contributed by atoms with Crippen molar-refractivity contribution >= 4 is 11.9 Å². The molecule has 1 aliphatic carbocycles. The van der Waals surface area contributed by atoms with Gasteiger partial charge in [0.05, 0.1) is 6.04 Å². The van der Waals surface area contributed by atoms with E-state index in [2.05, 4.69) is 20.2 Å². The molecule has 1 atom stereocenters. The van der Waals surface area contributed by atoms with Gasteiger partial charge < -0.3 is 15.0 Å². The minimum Gasteiger partial charge on any atom is -0.444 e. The quantitative estimate of drug-likeness (QED) is 0.905. The second-order valence-electron chi connectivity index (χ2n) is 6.86. The van der Waals surface area contributed by atoms with E-state index in [1.807, 2.05) is 40.8 Å². The largest absolute Gasteiger partial charge is 0.444 e. The number of carbonyl (C=O) groups is 1. The van der Waals surface area contributed by atoms with Gasteiger partial charge in [0.1, 0.15) is 17.2 Å². The average molecular weight is 306 g/mol. The molecule has 22 heavy (non-hydrogen) atoms. The first kappa shape index (κ1) is 16.5. The number of rotatable bonds is 5. The van der Waals surface area contributed by atoms with Crippen LogP contribution in [0.5, 0.6) is 0 Å². The van der Waals surface area contributed by atoms with Gasteiger partial charge in [0.2, 0.25) is 0 Å². The number of nitrogens with zero attached hydrogens (tertiary/aromatic N) is 3. The molecular weight excluding hydrogens is 280 g/mol. The van der Waals surface area contributed by atoms with E-state index in [9.17, 15) is 4.79 Å². The average Bonchev–Trinajstić information content (AvgIpc) is 3.21. The SMILES string of the molecule is Cc1nccc(N(C)[C@H](CNC(=O)OC(C)(C)C)C2CC2)n1. The summed E-state index contributed by atoms with van der Waals surface area (Å²) in [5.74, 6) is 2.23. The van der Waals surface area contributed by atoms with Gasteiger partial charge in [-0.1, -0.05) is 0 Å². The predicted molar refractivity (Wildman–Crippen MR) is 85.9 cm³/mol. The summed E-state index contributed by atoms with van der Waals surface area (Å²) < 4.78 is 5.30. The molecule has 1 fully saturated rings. The molecule has 1 N–H and O–H groups in total. The molecule has 6 nitrogen and oxygen atoms in total. The van der Waals surface area contributed by atoms with E-state index in [1.165, 1.54) is 12.8 Å². The number of hydrogen-bond donors (Lipinski definition) is 1. The molecule has 0 aliphatic heterocycles. The maximum atomic E-state index is 11.8. The Bertz CT molecular complexity index is 523. The molecule has 6 heteroatoms. The van der Waals surface area contributed by atoms with E-state index in [-0.39, 0.29) is 12.1 Å². The van der Waals surface area contributed by atoms with Crippen molar-refractivity contribution in [1.29, 1.82) is 0 Å². The van der Waals surface area contributed by atoms with Gasteiger partial charge in [0.15, 0.2) is 0 Å². The Kier molecular flexibility index (Phi) is 4.88. The van der Waals surface area contributed by atoms with Gasteiger partial charge in [0.25, 0.3) is 0 Å². The lowest BCUT2D eigenvalue weighted by Gasteiger charge is -2.30. The molecule has 122 valence electrons. The van der Waals surface area contributed by atoms with Crippen molar-refractivity contribution in [2.24, 2.45) is 5.92 Å². The molecule has 0 radical (unpaired) electrons. The Balaban J connectivity index is 1.97. The number of carbonyl (C=O) groups excluding carboxylic acids is 1. The van der Waals surface area contributed by atoms with E-state index >= 15 is 0 Å². The molecule has 1 saturated carbocycles. The topological polar surface area (TPSA) is 67.4 Å². The lowest BCUT2D eigenvalue weighted by atomic mass is 10.1. The van der Waals surface area contributed by atoms with Crippen LogP contribution in [0.25, 0.3) is 0 Å².